The van der Waals surface area contributed by atoms with Crippen LogP contribution in [0.1, 0.15) is 53.7 Å². The van der Waals surface area contributed by atoms with Crippen molar-refractivity contribution in [1.82, 2.24) is 5.32 Å². The summed E-state index contributed by atoms with van der Waals surface area (Å²) in [6.45, 7) is 8.07. The third kappa shape index (κ3) is 4.54. The number of benzene rings is 1. The number of rotatable bonds is 0. The fraction of sp³-hybridized carbons (Fsp3) is 0.455. The van der Waals surface area contributed by atoms with E-state index in [2.05, 4.69) is 5.32 Å². The van der Waals surface area contributed by atoms with Crippen LogP contribution in [0.3, 0.4) is 0 Å². The molecule has 0 aromatic heterocycles. The summed E-state index contributed by atoms with van der Waals surface area (Å²) in [5.74, 6) is -0.985. The fourth-order valence-electron chi connectivity index (χ4n) is 3.67. The van der Waals surface area contributed by atoms with Crippen molar-refractivity contribution in [3.05, 3.63) is 52.6 Å². The van der Waals surface area contributed by atoms with Crippen LogP contribution < -0.4 is 5.32 Å². The molecule has 2 aliphatic heterocycles. The van der Waals surface area contributed by atoms with Gasteiger partial charge in [-0.05, 0) is 57.7 Å². The molecule has 5 nitrogen and oxygen atoms in total. The average molecular weight is 369 g/mol. The van der Waals surface area contributed by atoms with E-state index >= 15 is 0 Å². The van der Waals surface area contributed by atoms with Gasteiger partial charge < -0.3 is 14.8 Å². The lowest BCUT2D eigenvalue weighted by Gasteiger charge is -2.16. The van der Waals surface area contributed by atoms with Crippen molar-refractivity contribution in [2.24, 2.45) is 0 Å². The standard InChI is InChI=1S/C22H27NO4/c1-14-12-15(2)19-16(13-14)8-7-10-18-20(27-22(3,4)26-18)17(24)9-5-6-11-23-21(19)25/h5,7-9,12-13,18,20H,6,10-11H2,1-4H3,(H,23,25)/b8-7+,9-5-/t18-,20?/m0/s1. The van der Waals surface area contributed by atoms with Crippen molar-refractivity contribution < 1.29 is 19.1 Å². The van der Waals surface area contributed by atoms with Crippen LogP contribution in [0.4, 0.5) is 0 Å². The zero-order valence-corrected chi connectivity index (χ0v) is 16.4. The van der Waals surface area contributed by atoms with Gasteiger partial charge in [-0.25, -0.2) is 0 Å². The van der Waals surface area contributed by atoms with Crippen LogP contribution in [-0.4, -0.2) is 36.2 Å². The van der Waals surface area contributed by atoms with Crippen molar-refractivity contribution in [2.45, 2.75) is 58.5 Å². The topological polar surface area (TPSA) is 64.6 Å². The Kier molecular flexibility index (Phi) is 5.63. The van der Waals surface area contributed by atoms with E-state index < -0.39 is 11.9 Å². The zero-order valence-electron chi connectivity index (χ0n) is 16.4. The van der Waals surface area contributed by atoms with Gasteiger partial charge in [-0.2, -0.15) is 0 Å². The summed E-state index contributed by atoms with van der Waals surface area (Å²) in [5, 5.41) is 2.94. The number of fused-ring (bicyclic) bond motifs is 2. The van der Waals surface area contributed by atoms with Crippen LogP contribution >= 0.6 is 0 Å². The van der Waals surface area contributed by atoms with E-state index in [9.17, 15) is 9.59 Å². The normalized spacial score (nSPS) is 27.9. The van der Waals surface area contributed by atoms with Gasteiger partial charge in [0.15, 0.2) is 11.6 Å². The third-order valence-electron chi connectivity index (χ3n) is 4.75. The quantitative estimate of drug-likeness (QED) is 0.760. The van der Waals surface area contributed by atoms with E-state index in [0.717, 1.165) is 16.7 Å². The van der Waals surface area contributed by atoms with Gasteiger partial charge in [0.25, 0.3) is 5.91 Å². The van der Waals surface area contributed by atoms with Crippen LogP contribution in [-0.2, 0) is 14.3 Å². The lowest BCUT2D eigenvalue weighted by Crippen LogP contribution is -2.30. The number of hydrogen-bond acceptors (Lipinski definition) is 4. The first kappa shape index (κ1) is 19.5. The molecule has 1 fully saturated rings. The summed E-state index contributed by atoms with van der Waals surface area (Å²) in [5.41, 5.74) is 3.61. The molecule has 0 spiro atoms. The average Bonchev–Trinajstić information content (AvgIpc) is 2.88. The molecular weight excluding hydrogens is 342 g/mol. The molecule has 27 heavy (non-hydrogen) atoms. The summed E-state index contributed by atoms with van der Waals surface area (Å²) in [4.78, 5) is 25.2. The minimum Gasteiger partial charge on any atom is -0.352 e. The number of ether oxygens (including phenoxy) is 2. The first-order chi connectivity index (χ1) is 12.8. The Morgan fingerprint density at radius 3 is 2.63 bits per heavy atom. The second kappa shape index (κ2) is 7.79. The Labute approximate surface area is 160 Å². The molecule has 2 atom stereocenters. The van der Waals surface area contributed by atoms with Crippen molar-refractivity contribution in [1.29, 1.82) is 0 Å². The third-order valence-corrected chi connectivity index (χ3v) is 4.75. The van der Waals surface area contributed by atoms with Gasteiger partial charge in [0.05, 0.1) is 6.10 Å². The Balaban J connectivity index is 1.96. The molecule has 1 amide bonds. The molecule has 1 aromatic rings. The summed E-state index contributed by atoms with van der Waals surface area (Å²) in [6.07, 6.45) is 7.35. The highest BCUT2D eigenvalue weighted by molar-refractivity contribution is 5.99. The van der Waals surface area contributed by atoms with Crippen LogP contribution in [0.15, 0.2) is 30.4 Å². The monoisotopic (exact) mass is 369 g/mol. The molecule has 144 valence electrons. The maximum Gasteiger partial charge on any atom is 0.252 e. The van der Waals surface area contributed by atoms with E-state index in [1.54, 1.807) is 6.08 Å². The molecule has 0 aliphatic carbocycles. The predicted octanol–water partition coefficient (Wildman–Crippen LogP) is 3.49. The molecule has 1 unspecified atom stereocenters. The minimum absolute atomic E-state index is 0.0941. The molecule has 1 N–H and O–H groups in total. The number of carbonyl (C=O) groups is 2. The molecule has 2 heterocycles. The van der Waals surface area contributed by atoms with Crippen LogP contribution in [0.5, 0.6) is 0 Å². The van der Waals surface area contributed by atoms with E-state index in [1.807, 2.05) is 52.0 Å². The zero-order chi connectivity index (χ0) is 19.6. The molecule has 0 radical (unpaired) electrons. The van der Waals surface area contributed by atoms with Gasteiger partial charge in [-0.15, -0.1) is 0 Å². The molecule has 5 heteroatoms. The molecule has 2 aliphatic rings. The van der Waals surface area contributed by atoms with Crippen molar-refractivity contribution >= 4 is 17.8 Å². The highest BCUT2D eigenvalue weighted by Crippen LogP contribution is 2.31. The Bertz CT molecular complexity index is 807. The molecule has 0 bridgehead atoms. The number of nitrogens with one attached hydrogen (secondary N) is 1. The second-order valence-corrected chi connectivity index (χ2v) is 7.63. The lowest BCUT2D eigenvalue weighted by molar-refractivity contribution is -0.152. The van der Waals surface area contributed by atoms with Gasteiger partial charge in [0.1, 0.15) is 6.10 Å². The number of aryl methyl sites for hydroxylation is 2. The first-order valence-corrected chi connectivity index (χ1v) is 9.39. The Morgan fingerprint density at radius 1 is 1.07 bits per heavy atom. The van der Waals surface area contributed by atoms with E-state index in [0.29, 0.717) is 24.9 Å². The number of amides is 1. The van der Waals surface area contributed by atoms with Crippen molar-refractivity contribution in [2.75, 3.05) is 6.54 Å². The van der Waals surface area contributed by atoms with Crippen LogP contribution in [0.25, 0.3) is 6.08 Å². The van der Waals surface area contributed by atoms with Crippen LogP contribution in [0, 0.1) is 13.8 Å². The Morgan fingerprint density at radius 2 is 1.85 bits per heavy atom. The summed E-state index contributed by atoms with van der Waals surface area (Å²) >= 11 is 0. The number of carbonyl (C=O) groups excluding carboxylic acids is 2. The largest absolute Gasteiger partial charge is 0.352 e. The second-order valence-electron chi connectivity index (χ2n) is 7.63. The summed E-state index contributed by atoms with van der Waals surface area (Å²) < 4.78 is 11.8. The Hall–Kier alpha value is -2.24. The SMILES string of the molecule is Cc1cc(C)c2c(c1)/C=C/C[C@@H]1OC(C)(C)OC1C(=O)/C=C\CCNC2=O. The van der Waals surface area contributed by atoms with E-state index in [-0.39, 0.29) is 17.8 Å². The van der Waals surface area contributed by atoms with Crippen molar-refractivity contribution in [3.63, 3.8) is 0 Å². The summed E-state index contributed by atoms with van der Waals surface area (Å²) in [6, 6.07) is 4.02. The molecule has 3 rings (SSSR count). The van der Waals surface area contributed by atoms with Gasteiger partial charge in [-0.3, -0.25) is 9.59 Å². The van der Waals surface area contributed by atoms with Gasteiger partial charge in [-0.1, -0.05) is 35.9 Å². The fourth-order valence-corrected chi connectivity index (χ4v) is 3.67. The van der Waals surface area contributed by atoms with E-state index in [4.69, 9.17) is 9.47 Å². The van der Waals surface area contributed by atoms with E-state index in [1.165, 1.54) is 6.08 Å². The number of hydrogen-bond donors (Lipinski definition) is 1. The first-order valence-electron chi connectivity index (χ1n) is 9.39. The molecule has 1 saturated heterocycles. The lowest BCUT2D eigenvalue weighted by atomic mass is 9.96. The number of ketones is 1. The van der Waals surface area contributed by atoms with Gasteiger partial charge >= 0.3 is 0 Å². The highest BCUT2D eigenvalue weighted by atomic mass is 16.8. The maximum absolute atomic E-state index is 12.7. The van der Waals surface area contributed by atoms with Gasteiger partial charge in [0.2, 0.25) is 0 Å². The smallest absolute Gasteiger partial charge is 0.252 e. The minimum atomic E-state index is -0.788. The molecular formula is C22H27NO4. The molecule has 0 saturated carbocycles. The van der Waals surface area contributed by atoms with Gasteiger partial charge in [0, 0.05) is 12.1 Å². The predicted molar refractivity (Wildman–Crippen MR) is 104 cm³/mol. The molecule has 1 aromatic carbocycles. The summed E-state index contributed by atoms with van der Waals surface area (Å²) in [7, 11) is 0. The van der Waals surface area contributed by atoms with Crippen molar-refractivity contribution in [3.8, 4) is 0 Å². The highest BCUT2D eigenvalue weighted by Gasteiger charge is 2.43. The van der Waals surface area contributed by atoms with Crippen LogP contribution in [0.2, 0.25) is 0 Å². The maximum atomic E-state index is 12.7.